The van der Waals surface area contributed by atoms with E-state index in [4.69, 9.17) is 4.74 Å². The molecule has 2 aliphatic carbocycles. The molecule has 0 atom stereocenters. The third kappa shape index (κ3) is 2.22. The van der Waals surface area contributed by atoms with E-state index in [9.17, 15) is 0 Å². The topological polar surface area (TPSA) is 9.23 Å². The molecular weight excluding hydrogens is 148 g/mol. The van der Waals surface area contributed by atoms with Crippen molar-refractivity contribution < 1.29 is 4.74 Å². The smallest absolute Gasteiger partial charge is 0.0578 e. The third-order valence-electron chi connectivity index (χ3n) is 3.24. The molecular formula is C11H20O. The largest absolute Gasteiger partial charge is 0.375 e. The number of ether oxygens (including phenoxy) is 1. The predicted molar refractivity (Wildman–Crippen MR) is 50.2 cm³/mol. The van der Waals surface area contributed by atoms with Gasteiger partial charge in [0, 0.05) is 0 Å². The highest BCUT2D eigenvalue weighted by Gasteiger charge is 2.21. The van der Waals surface area contributed by atoms with Crippen LogP contribution in [0.1, 0.15) is 57.8 Å². The van der Waals surface area contributed by atoms with Gasteiger partial charge in [0.2, 0.25) is 0 Å². The zero-order chi connectivity index (χ0) is 8.23. The van der Waals surface area contributed by atoms with E-state index in [1.165, 1.54) is 57.8 Å². The summed E-state index contributed by atoms with van der Waals surface area (Å²) in [4.78, 5) is 0. The van der Waals surface area contributed by atoms with Gasteiger partial charge in [-0.25, -0.2) is 0 Å². The average Bonchev–Trinajstić information content (AvgIpc) is 2.59. The summed E-state index contributed by atoms with van der Waals surface area (Å²) < 4.78 is 6.05. The maximum Gasteiger partial charge on any atom is 0.0578 e. The van der Waals surface area contributed by atoms with Crippen molar-refractivity contribution in [3.63, 3.8) is 0 Å². The lowest BCUT2D eigenvalue weighted by Gasteiger charge is -2.25. The van der Waals surface area contributed by atoms with Crippen LogP contribution in [0.3, 0.4) is 0 Å². The van der Waals surface area contributed by atoms with E-state index in [0.29, 0.717) is 12.2 Å². The summed E-state index contributed by atoms with van der Waals surface area (Å²) in [6.45, 7) is 0. The molecule has 1 heteroatoms. The molecule has 0 amide bonds. The zero-order valence-corrected chi connectivity index (χ0v) is 7.93. The second-order valence-electron chi connectivity index (χ2n) is 4.30. The second kappa shape index (κ2) is 4.27. The molecule has 1 nitrogen and oxygen atoms in total. The molecule has 2 saturated carbocycles. The Morgan fingerprint density at radius 1 is 0.583 bits per heavy atom. The van der Waals surface area contributed by atoms with Gasteiger partial charge in [0.15, 0.2) is 0 Å². The van der Waals surface area contributed by atoms with Gasteiger partial charge in [-0.05, 0) is 25.7 Å². The van der Waals surface area contributed by atoms with E-state index in [1.54, 1.807) is 0 Å². The highest BCUT2D eigenvalue weighted by atomic mass is 16.5. The Labute approximate surface area is 75.5 Å². The molecule has 0 aromatic rings. The van der Waals surface area contributed by atoms with Crippen LogP contribution in [-0.4, -0.2) is 12.2 Å². The number of rotatable bonds is 2. The highest BCUT2D eigenvalue weighted by Crippen LogP contribution is 2.27. The normalized spacial score (nSPS) is 28.0. The van der Waals surface area contributed by atoms with Gasteiger partial charge in [-0.2, -0.15) is 0 Å². The molecule has 2 aliphatic rings. The first-order valence-corrected chi connectivity index (χ1v) is 5.60. The van der Waals surface area contributed by atoms with Crippen LogP contribution in [-0.2, 0) is 4.74 Å². The molecule has 0 radical (unpaired) electrons. The fourth-order valence-corrected chi connectivity index (χ4v) is 2.50. The second-order valence-corrected chi connectivity index (χ2v) is 4.30. The highest BCUT2D eigenvalue weighted by molar-refractivity contribution is 4.72. The van der Waals surface area contributed by atoms with E-state index in [-0.39, 0.29) is 0 Å². The van der Waals surface area contributed by atoms with Crippen molar-refractivity contribution in [2.24, 2.45) is 0 Å². The first-order valence-electron chi connectivity index (χ1n) is 5.60. The van der Waals surface area contributed by atoms with Crippen molar-refractivity contribution in [2.45, 2.75) is 70.0 Å². The molecule has 0 spiro atoms. The summed E-state index contributed by atoms with van der Waals surface area (Å²) in [5, 5.41) is 0. The van der Waals surface area contributed by atoms with Crippen molar-refractivity contribution in [3.8, 4) is 0 Å². The Balaban J connectivity index is 1.69. The number of hydrogen-bond donors (Lipinski definition) is 0. The summed E-state index contributed by atoms with van der Waals surface area (Å²) in [6, 6.07) is 0. The van der Waals surface area contributed by atoms with Crippen LogP contribution in [0.25, 0.3) is 0 Å². The Morgan fingerprint density at radius 2 is 1.00 bits per heavy atom. The lowest BCUT2D eigenvalue weighted by Crippen LogP contribution is -2.22. The maximum atomic E-state index is 6.05. The summed E-state index contributed by atoms with van der Waals surface area (Å²) in [7, 11) is 0. The Morgan fingerprint density at radius 3 is 1.50 bits per heavy atom. The Hall–Kier alpha value is -0.0400. The standard InChI is InChI=1S/C11H20O/c1-2-6-10(7-3-1)12-11-8-4-5-9-11/h10-11H,1-9H2. The van der Waals surface area contributed by atoms with Crippen LogP contribution < -0.4 is 0 Å². The molecule has 2 rings (SSSR count). The van der Waals surface area contributed by atoms with Crippen LogP contribution in [0, 0.1) is 0 Å². The van der Waals surface area contributed by atoms with E-state index >= 15 is 0 Å². The quantitative estimate of drug-likeness (QED) is 0.615. The minimum Gasteiger partial charge on any atom is -0.375 e. The van der Waals surface area contributed by atoms with Crippen LogP contribution in [0.4, 0.5) is 0 Å². The summed E-state index contributed by atoms with van der Waals surface area (Å²) >= 11 is 0. The third-order valence-corrected chi connectivity index (χ3v) is 3.24. The minimum atomic E-state index is 0.627. The molecule has 0 heterocycles. The molecule has 0 aromatic heterocycles. The fraction of sp³-hybridized carbons (Fsp3) is 1.00. The van der Waals surface area contributed by atoms with Crippen LogP contribution >= 0.6 is 0 Å². The predicted octanol–water partition coefficient (Wildman–Crippen LogP) is 3.28. The fourth-order valence-electron chi connectivity index (χ4n) is 2.50. The molecule has 0 aromatic carbocycles. The average molecular weight is 168 g/mol. The Bertz CT molecular complexity index is 121. The van der Waals surface area contributed by atoms with Crippen molar-refractivity contribution in [1.82, 2.24) is 0 Å². The van der Waals surface area contributed by atoms with Gasteiger partial charge < -0.3 is 4.74 Å². The van der Waals surface area contributed by atoms with E-state index < -0.39 is 0 Å². The van der Waals surface area contributed by atoms with E-state index in [1.807, 2.05) is 0 Å². The van der Waals surface area contributed by atoms with Gasteiger partial charge in [0.25, 0.3) is 0 Å². The monoisotopic (exact) mass is 168 g/mol. The SMILES string of the molecule is C1CCC(OC2CCCC2)CC1. The summed E-state index contributed by atoms with van der Waals surface area (Å²) in [6.07, 6.45) is 13.6. The first kappa shape index (κ1) is 8.55. The maximum absolute atomic E-state index is 6.05. The number of hydrogen-bond acceptors (Lipinski definition) is 1. The van der Waals surface area contributed by atoms with Crippen LogP contribution in [0.5, 0.6) is 0 Å². The minimum absolute atomic E-state index is 0.627. The van der Waals surface area contributed by atoms with Gasteiger partial charge >= 0.3 is 0 Å². The molecule has 0 bridgehead atoms. The van der Waals surface area contributed by atoms with E-state index in [0.717, 1.165) is 0 Å². The zero-order valence-electron chi connectivity index (χ0n) is 7.93. The first-order chi connectivity index (χ1) is 5.95. The molecule has 0 N–H and O–H groups in total. The lowest BCUT2D eigenvalue weighted by molar-refractivity contribution is -0.0258. The van der Waals surface area contributed by atoms with Crippen molar-refractivity contribution in [3.05, 3.63) is 0 Å². The lowest BCUT2D eigenvalue weighted by atomic mass is 9.97. The van der Waals surface area contributed by atoms with Gasteiger partial charge in [-0.1, -0.05) is 32.1 Å². The molecule has 12 heavy (non-hydrogen) atoms. The van der Waals surface area contributed by atoms with Crippen LogP contribution in [0.15, 0.2) is 0 Å². The summed E-state index contributed by atoms with van der Waals surface area (Å²) in [5.74, 6) is 0. The van der Waals surface area contributed by atoms with Crippen LogP contribution in [0.2, 0.25) is 0 Å². The molecule has 0 unspecified atom stereocenters. The van der Waals surface area contributed by atoms with E-state index in [2.05, 4.69) is 0 Å². The van der Waals surface area contributed by atoms with Crippen molar-refractivity contribution in [2.75, 3.05) is 0 Å². The van der Waals surface area contributed by atoms with Gasteiger partial charge in [-0.15, -0.1) is 0 Å². The van der Waals surface area contributed by atoms with Crippen molar-refractivity contribution >= 4 is 0 Å². The van der Waals surface area contributed by atoms with Crippen molar-refractivity contribution in [1.29, 1.82) is 0 Å². The molecule has 70 valence electrons. The Kier molecular flexibility index (Phi) is 3.04. The molecule has 2 fully saturated rings. The summed E-state index contributed by atoms with van der Waals surface area (Å²) in [5.41, 5.74) is 0. The van der Waals surface area contributed by atoms with Gasteiger partial charge in [0.1, 0.15) is 0 Å². The van der Waals surface area contributed by atoms with Gasteiger partial charge in [-0.3, -0.25) is 0 Å². The molecule has 0 saturated heterocycles. The molecule has 0 aliphatic heterocycles. The van der Waals surface area contributed by atoms with Gasteiger partial charge in [0.05, 0.1) is 12.2 Å².